The Hall–Kier alpha value is -1.58. The smallest absolute Gasteiger partial charge is 0.321 e. The lowest BCUT2D eigenvalue weighted by Gasteiger charge is -2.19. The van der Waals surface area contributed by atoms with Crippen LogP contribution in [0.3, 0.4) is 0 Å². The standard InChI is InChI=1S/C11H16N4OS/c1-11(2,3)15-9(16)14-10-13-7-8(17-10)5-4-6-12/h7H,6,12H2,1-3H3,(H2,13,14,15,16). The molecule has 1 rings (SSSR count). The Morgan fingerprint density at radius 3 is 2.88 bits per heavy atom. The number of anilines is 1. The van der Waals surface area contributed by atoms with E-state index >= 15 is 0 Å². The first kappa shape index (κ1) is 13.5. The Labute approximate surface area is 105 Å². The quantitative estimate of drug-likeness (QED) is 0.660. The van der Waals surface area contributed by atoms with Gasteiger partial charge in [-0.05, 0) is 20.8 Å². The van der Waals surface area contributed by atoms with Gasteiger partial charge in [0.25, 0.3) is 0 Å². The minimum atomic E-state index is -0.274. The number of rotatable bonds is 1. The number of carbonyl (C=O) groups is 1. The van der Waals surface area contributed by atoms with Crippen molar-refractivity contribution in [1.29, 1.82) is 0 Å². The van der Waals surface area contributed by atoms with Crippen molar-refractivity contribution in [2.45, 2.75) is 26.3 Å². The van der Waals surface area contributed by atoms with Gasteiger partial charge in [-0.25, -0.2) is 9.78 Å². The van der Waals surface area contributed by atoms with E-state index in [1.165, 1.54) is 11.3 Å². The monoisotopic (exact) mass is 252 g/mol. The maximum atomic E-state index is 11.5. The van der Waals surface area contributed by atoms with Crippen LogP contribution in [-0.2, 0) is 0 Å². The Morgan fingerprint density at radius 1 is 1.59 bits per heavy atom. The average Bonchev–Trinajstić information content (AvgIpc) is 2.59. The molecule has 0 unspecified atom stereocenters. The summed E-state index contributed by atoms with van der Waals surface area (Å²) in [6.07, 6.45) is 1.61. The zero-order chi connectivity index (χ0) is 12.9. The summed E-state index contributed by atoms with van der Waals surface area (Å²) in [6, 6.07) is -0.273. The molecular weight excluding hydrogens is 236 g/mol. The van der Waals surface area contributed by atoms with E-state index in [4.69, 9.17) is 5.73 Å². The molecule has 1 aromatic heterocycles. The maximum absolute atomic E-state index is 11.5. The SMILES string of the molecule is CC(C)(C)NC(=O)Nc1ncc(C#CCN)s1. The van der Waals surface area contributed by atoms with Crippen LogP contribution in [0.2, 0.25) is 0 Å². The highest BCUT2D eigenvalue weighted by atomic mass is 32.1. The summed E-state index contributed by atoms with van der Waals surface area (Å²) in [5, 5.41) is 5.96. The van der Waals surface area contributed by atoms with Gasteiger partial charge >= 0.3 is 6.03 Å². The molecule has 4 N–H and O–H groups in total. The summed E-state index contributed by atoms with van der Waals surface area (Å²) < 4.78 is 0. The van der Waals surface area contributed by atoms with Gasteiger partial charge in [-0.1, -0.05) is 23.2 Å². The van der Waals surface area contributed by atoms with Crippen molar-refractivity contribution in [3.05, 3.63) is 11.1 Å². The van der Waals surface area contributed by atoms with E-state index in [0.29, 0.717) is 11.7 Å². The highest BCUT2D eigenvalue weighted by molar-refractivity contribution is 7.16. The van der Waals surface area contributed by atoms with Crippen LogP contribution in [0.4, 0.5) is 9.93 Å². The van der Waals surface area contributed by atoms with Gasteiger partial charge in [-0.3, -0.25) is 5.32 Å². The van der Waals surface area contributed by atoms with Gasteiger partial charge in [0.15, 0.2) is 5.13 Å². The van der Waals surface area contributed by atoms with Crippen molar-refractivity contribution in [2.24, 2.45) is 5.73 Å². The topological polar surface area (TPSA) is 80.0 Å². The van der Waals surface area contributed by atoms with Gasteiger partial charge in [0.2, 0.25) is 0 Å². The number of nitrogens with one attached hydrogen (secondary N) is 2. The summed E-state index contributed by atoms with van der Waals surface area (Å²) in [5.74, 6) is 5.58. The van der Waals surface area contributed by atoms with Gasteiger partial charge in [0.1, 0.15) is 0 Å². The fourth-order valence-corrected chi connectivity index (χ4v) is 1.68. The first-order valence-corrected chi connectivity index (χ1v) is 5.96. The highest BCUT2D eigenvalue weighted by Gasteiger charge is 2.14. The highest BCUT2D eigenvalue weighted by Crippen LogP contribution is 2.16. The second-order valence-corrected chi connectivity index (χ2v) is 5.40. The zero-order valence-electron chi connectivity index (χ0n) is 10.1. The molecule has 0 saturated carbocycles. The Balaban J connectivity index is 2.58. The van der Waals surface area contributed by atoms with Crippen molar-refractivity contribution in [3.63, 3.8) is 0 Å². The molecule has 0 fully saturated rings. The van der Waals surface area contributed by atoms with Crippen LogP contribution in [0.1, 0.15) is 25.6 Å². The molecule has 0 atom stereocenters. The zero-order valence-corrected chi connectivity index (χ0v) is 10.9. The molecule has 1 aromatic rings. The molecule has 0 spiro atoms. The molecular formula is C11H16N4OS. The summed E-state index contributed by atoms with van der Waals surface area (Å²) in [6.45, 7) is 6.04. The minimum Gasteiger partial charge on any atom is -0.333 e. The molecule has 0 aliphatic heterocycles. The lowest BCUT2D eigenvalue weighted by Crippen LogP contribution is -2.43. The number of nitrogens with zero attached hydrogens (tertiary/aromatic N) is 1. The van der Waals surface area contributed by atoms with E-state index in [9.17, 15) is 4.79 Å². The molecule has 0 aromatic carbocycles. The average molecular weight is 252 g/mol. The number of amides is 2. The van der Waals surface area contributed by atoms with Crippen molar-refractivity contribution < 1.29 is 4.79 Å². The largest absolute Gasteiger partial charge is 0.333 e. The molecule has 0 saturated heterocycles. The summed E-state index contributed by atoms with van der Waals surface area (Å²) >= 11 is 1.31. The predicted molar refractivity (Wildman–Crippen MR) is 70.0 cm³/mol. The fraction of sp³-hybridized carbons (Fsp3) is 0.455. The second-order valence-electron chi connectivity index (χ2n) is 4.36. The Morgan fingerprint density at radius 2 is 2.29 bits per heavy atom. The van der Waals surface area contributed by atoms with Crippen LogP contribution in [-0.4, -0.2) is 23.1 Å². The van der Waals surface area contributed by atoms with Crippen LogP contribution in [0.15, 0.2) is 6.20 Å². The van der Waals surface area contributed by atoms with Gasteiger partial charge < -0.3 is 11.1 Å². The van der Waals surface area contributed by atoms with E-state index in [1.54, 1.807) is 6.20 Å². The van der Waals surface area contributed by atoms with Crippen LogP contribution in [0, 0.1) is 11.8 Å². The Kier molecular flexibility index (Phi) is 4.49. The number of urea groups is 1. The number of thiazole rings is 1. The predicted octanol–water partition coefficient (Wildman–Crippen LogP) is 1.37. The van der Waals surface area contributed by atoms with Gasteiger partial charge in [-0.2, -0.15) is 0 Å². The summed E-state index contributed by atoms with van der Waals surface area (Å²) in [4.78, 5) is 16.4. The molecule has 2 amide bonds. The third kappa shape index (κ3) is 5.33. The molecule has 0 aliphatic rings. The Bertz CT molecular complexity index is 450. The normalized spacial score (nSPS) is 10.4. The van der Waals surface area contributed by atoms with Crippen LogP contribution >= 0.6 is 11.3 Å². The van der Waals surface area contributed by atoms with E-state index in [-0.39, 0.29) is 11.6 Å². The molecule has 6 heteroatoms. The second kappa shape index (κ2) is 5.66. The third-order valence-corrected chi connectivity index (χ3v) is 2.36. The number of carbonyl (C=O) groups excluding carboxylic acids is 1. The van der Waals surface area contributed by atoms with E-state index in [1.807, 2.05) is 20.8 Å². The van der Waals surface area contributed by atoms with Crippen LogP contribution in [0.25, 0.3) is 0 Å². The first-order valence-electron chi connectivity index (χ1n) is 5.14. The molecule has 1 heterocycles. The molecule has 0 bridgehead atoms. The lowest BCUT2D eigenvalue weighted by atomic mass is 10.1. The third-order valence-electron chi connectivity index (χ3n) is 1.53. The van der Waals surface area contributed by atoms with Crippen LogP contribution < -0.4 is 16.4 Å². The van der Waals surface area contributed by atoms with Gasteiger partial charge in [0.05, 0.1) is 17.6 Å². The molecule has 5 nitrogen and oxygen atoms in total. The minimum absolute atomic E-state index is 0.273. The van der Waals surface area contributed by atoms with Crippen molar-refractivity contribution >= 4 is 22.5 Å². The molecule has 0 radical (unpaired) electrons. The van der Waals surface area contributed by atoms with Gasteiger partial charge in [-0.15, -0.1) is 0 Å². The number of aromatic nitrogens is 1. The first-order chi connectivity index (χ1) is 7.90. The van der Waals surface area contributed by atoms with Crippen molar-refractivity contribution in [2.75, 3.05) is 11.9 Å². The lowest BCUT2D eigenvalue weighted by molar-refractivity contribution is 0.244. The van der Waals surface area contributed by atoms with Crippen LogP contribution in [0.5, 0.6) is 0 Å². The summed E-state index contributed by atoms with van der Waals surface area (Å²) in [5.41, 5.74) is 4.99. The van der Waals surface area contributed by atoms with E-state index < -0.39 is 0 Å². The molecule has 92 valence electrons. The number of hydrogen-bond acceptors (Lipinski definition) is 4. The van der Waals surface area contributed by atoms with E-state index in [2.05, 4.69) is 27.5 Å². The van der Waals surface area contributed by atoms with Crippen molar-refractivity contribution in [1.82, 2.24) is 10.3 Å². The summed E-state index contributed by atoms with van der Waals surface area (Å²) in [7, 11) is 0. The van der Waals surface area contributed by atoms with E-state index in [0.717, 1.165) is 4.88 Å². The molecule has 0 aliphatic carbocycles. The number of nitrogens with two attached hydrogens (primary N) is 1. The fourth-order valence-electron chi connectivity index (χ4n) is 0.997. The van der Waals surface area contributed by atoms with Gasteiger partial charge in [0, 0.05) is 5.54 Å². The number of hydrogen-bond donors (Lipinski definition) is 3. The molecule has 17 heavy (non-hydrogen) atoms. The van der Waals surface area contributed by atoms with Crippen molar-refractivity contribution in [3.8, 4) is 11.8 Å². The maximum Gasteiger partial charge on any atom is 0.321 e.